The molecule has 1 aromatic heterocycles. The van der Waals surface area contributed by atoms with Gasteiger partial charge in [0.2, 0.25) is 5.89 Å². The highest BCUT2D eigenvalue weighted by Gasteiger charge is 2.17. The van der Waals surface area contributed by atoms with Gasteiger partial charge in [-0.05, 0) is 28.1 Å². The third kappa shape index (κ3) is 1.81. The fraction of sp³-hybridized carbons (Fsp3) is 0. The highest BCUT2D eigenvalue weighted by Crippen LogP contribution is 2.29. The van der Waals surface area contributed by atoms with E-state index in [1.165, 1.54) is 18.2 Å². The topological polar surface area (TPSA) is 76.2 Å². The summed E-state index contributed by atoms with van der Waals surface area (Å²) in [5, 5.41) is 15.4. The van der Waals surface area contributed by atoms with E-state index in [9.17, 15) is 9.18 Å². The maximum absolute atomic E-state index is 13.2. The summed E-state index contributed by atoms with van der Waals surface area (Å²) >= 11 is 3.01. The van der Waals surface area contributed by atoms with Crippen LogP contribution in [0.1, 0.15) is 10.7 Å². The number of benzene rings is 1. The number of carbonyl (C=O) groups is 1. The molecule has 16 heavy (non-hydrogen) atoms. The molecule has 0 bridgehead atoms. The molecule has 2 rings (SSSR count). The predicted molar refractivity (Wildman–Crippen MR) is 54.4 cm³/mol. The molecule has 0 aliphatic rings. The number of hydrogen-bond donors (Lipinski definition) is 1. The highest BCUT2D eigenvalue weighted by molar-refractivity contribution is 9.10. The lowest BCUT2D eigenvalue weighted by molar-refractivity contribution is 0.0654. The van der Waals surface area contributed by atoms with E-state index in [0.717, 1.165) is 0 Å². The molecule has 82 valence electrons. The molecule has 1 aromatic carbocycles. The van der Waals surface area contributed by atoms with Crippen molar-refractivity contribution in [3.8, 4) is 11.5 Å². The van der Waals surface area contributed by atoms with Crippen LogP contribution in [-0.2, 0) is 0 Å². The molecule has 2 aromatic rings. The van der Waals surface area contributed by atoms with E-state index in [4.69, 9.17) is 9.52 Å². The van der Waals surface area contributed by atoms with E-state index in [2.05, 4.69) is 26.1 Å². The van der Waals surface area contributed by atoms with E-state index in [0.29, 0.717) is 5.56 Å². The Kier molecular flexibility index (Phi) is 2.69. The van der Waals surface area contributed by atoms with Gasteiger partial charge in [-0.1, -0.05) is 6.07 Å². The first kappa shape index (κ1) is 10.7. The number of aromatic carboxylic acids is 1. The second-order valence-corrected chi connectivity index (χ2v) is 3.61. The molecule has 0 saturated heterocycles. The Morgan fingerprint density at radius 3 is 2.81 bits per heavy atom. The summed E-state index contributed by atoms with van der Waals surface area (Å²) in [5.41, 5.74) is 0.306. The van der Waals surface area contributed by atoms with Gasteiger partial charge < -0.3 is 9.52 Å². The summed E-state index contributed by atoms with van der Waals surface area (Å²) in [6.45, 7) is 0. The van der Waals surface area contributed by atoms with Crippen molar-refractivity contribution in [2.45, 2.75) is 0 Å². The van der Waals surface area contributed by atoms with Crippen molar-refractivity contribution < 1.29 is 18.7 Å². The van der Waals surface area contributed by atoms with Gasteiger partial charge in [-0.25, -0.2) is 9.18 Å². The molecule has 5 nitrogen and oxygen atoms in total. The van der Waals surface area contributed by atoms with Crippen LogP contribution in [0.25, 0.3) is 11.5 Å². The number of carboxylic acids is 1. The zero-order valence-corrected chi connectivity index (χ0v) is 9.23. The average molecular weight is 287 g/mol. The molecule has 0 spiro atoms. The van der Waals surface area contributed by atoms with Crippen LogP contribution in [0.15, 0.2) is 27.1 Å². The van der Waals surface area contributed by atoms with Gasteiger partial charge in [-0.2, -0.15) is 0 Å². The largest absolute Gasteiger partial charge is 0.474 e. The monoisotopic (exact) mass is 286 g/mol. The van der Waals surface area contributed by atoms with Crippen LogP contribution in [-0.4, -0.2) is 21.3 Å². The van der Waals surface area contributed by atoms with Crippen LogP contribution >= 0.6 is 15.9 Å². The van der Waals surface area contributed by atoms with Crippen LogP contribution < -0.4 is 0 Å². The second kappa shape index (κ2) is 4.01. The first-order chi connectivity index (χ1) is 7.59. The van der Waals surface area contributed by atoms with Gasteiger partial charge >= 0.3 is 11.9 Å². The van der Waals surface area contributed by atoms with Crippen molar-refractivity contribution in [1.82, 2.24) is 10.2 Å². The summed E-state index contributed by atoms with van der Waals surface area (Å²) in [6, 6.07) is 4.24. The Labute approximate surface area is 97.0 Å². The molecule has 0 atom stereocenters. The zero-order chi connectivity index (χ0) is 11.7. The van der Waals surface area contributed by atoms with Crippen molar-refractivity contribution in [1.29, 1.82) is 0 Å². The first-order valence-corrected chi connectivity index (χ1v) is 4.90. The van der Waals surface area contributed by atoms with Crippen molar-refractivity contribution in [3.05, 3.63) is 34.4 Å². The number of hydrogen-bond acceptors (Lipinski definition) is 4. The van der Waals surface area contributed by atoms with Crippen LogP contribution in [0.4, 0.5) is 4.39 Å². The van der Waals surface area contributed by atoms with Crippen LogP contribution in [0.3, 0.4) is 0 Å². The normalized spacial score (nSPS) is 10.4. The predicted octanol–water partition coefficient (Wildman–Crippen LogP) is 2.34. The van der Waals surface area contributed by atoms with Gasteiger partial charge in [0.05, 0.1) is 10.0 Å². The maximum atomic E-state index is 13.2. The summed E-state index contributed by atoms with van der Waals surface area (Å²) in [7, 11) is 0. The molecule has 0 amide bonds. The molecule has 0 radical (unpaired) electrons. The quantitative estimate of drug-likeness (QED) is 0.917. The van der Waals surface area contributed by atoms with Crippen LogP contribution in [0.5, 0.6) is 0 Å². The second-order valence-electron chi connectivity index (χ2n) is 2.82. The first-order valence-electron chi connectivity index (χ1n) is 4.11. The lowest BCUT2D eigenvalue weighted by atomic mass is 10.2. The van der Waals surface area contributed by atoms with Crippen LogP contribution in [0.2, 0.25) is 0 Å². The number of aromatic nitrogens is 2. The smallest absolute Gasteiger partial charge is 0.393 e. The summed E-state index contributed by atoms with van der Waals surface area (Å²) in [5.74, 6) is -2.41. The lowest BCUT2D eigenvalue weighted by Gasteiger charge is -1.98. The lowest BCUT2D eigenvalue weighted by Crippen LogP contribution is -1.95. The molecule has 0 aliphatic carbocycles. The Bertz CT molecular complexity index is 555. The molecular formula is C9H4BrFN2O3. The standard InChI is InChI=1S/C9H4BrFN2O3/c10-6-4(2-1-3-5(6)11)7-12-13-8(16-7)9(14)15/h1-3H,(H,14,15). The van der Waals surface area contributed by atoms with Crippen LogP contribution in [0, 0.1) is 5.82 Å². The molecule has 1 N–H and O–H groups in total. The Hall–Kier alpha value is -1.76. The fourth-order valence-electron chi connectivity index (χ4n) is 1.09. The van der Waals surface area contributed by atoms with Gasteiger partial charge in [0.25, 0.3) is 0 Å². The summed E-state index contributed by atoms with van der Waals surface area (Å²) < 4.78 is 18.2. The Morgan fingerprint density at radius 2 is 2.19 bits per heavy atom. The van der Waals surface area contributed by atoms with Crippen molar-refractivity contribution in [2.24, 2.45) is 0 Å². The van der Waals surface area contributed by atoms with E-state index < -0.39 is 17.7 Å². The van der Waals surface area contributed by atoms with Gasteiger partial charge in [-0.15, -0.1) is 10.2 Å². The minimum atomic E-state index is -1.33. The summed E-state index contributed by atoms with van der Waals surface area (Å²) in [4.78, 5) is 10.5. The molecule has 0 unspecified atom stereocenters. The van der Waals surface area contributed by atoms with Crippen molar-refractivity contribution in [2.75, 3.05) is 0 Å². The van der Waals surface area contributed by atoms with Crippen molar-refractivity contribution >= 4 is 21.9 Å². The number of halogens is 2. The van der Waals surface area contributed by atoms with Crippen molar-refractivity contribution in [3.63, 3.8) is 0 Å². The number of rotatable bonds is 2. The Morgan fingerprint density at radius 1 is 1.44 bits per heavy atom. The van der Waals surface area contributed by atoms with Gasteiger partial charge in [0, 0.05) is 0 Å². The molecular weight excluding hydrogens is 283 g/mol. The third-order valence-electron chi connectivity index (χ3n) is 1.79. The molecule has 0 saturated carbocycles. The van der Waals surface area contributed by atoms with E-state index in [1.807, 2.05) is 0 Å². The molecule has 0 fully saturated rings. The number of carboxylic acid groups (broad SMARTS) is 1. The van der Waals surface area contributed by atoms with Gasteiger partial charge in [-0.3, -0.25) is 0 Å². The van der Waals surface area contributed by atoms with E-state index in [1.54, 1.807) is 0 Å². The fourth-order valence-corrected chi connectivity index (χ4v) is 1.52. The SMILES string of the molecule is O=C(O)c1nnc(-c2cccc(F)c2Br)o1. The maximum Gasteiger partial charge on any atom is 0.393 e. The minimum absolute atomic E-state index is 0.0521. The van der Waals surface area contributed by atoms with E-state index >= 15 is 0 Å². The van der Waals surface area contributed by atoms with Gasteiger partial charge in [0.1, 0.15) is 5.82 Å². The average Bonchev–Trinajstić information content (AvgIpc) is 2.71. The Balaban J connectivity index is 2.50. The van der Waals surface area contributed by atoms with Gasteiger partial charge in [0.15, 0.2) is 0 Å². The van der Waals surface area contributed by atoms with E-state index in [-0.39, 0.29) is 10.4 Å². The molecule has 0 aliphatic heterocycles. The highest BCUT2D eigenvalue weighted by atomic mass is 79.9. The number of nitrogens with zero attached hydrogens (tertiary/aromatic N) is 2. The third-order valence-corrected chi connectivity index (χ3v) is 2.60. The zero-order valence-electron chi connectivity index (χ0n) is 7.65. The minimum Gasteiger partial charge on any atom is -0.474 e. The summed E-state index contributed by atoms with van der Waals surface area (Å²) in [6.07, 6.45) is 0. The molecule has 7 heteroatoms. The molecule has 1 heterocycles.